The molecule has 0 aromatic carbocycles. The molecule has 1 amide bonds. The molecule has 0 spiro atoms. The Morgan fingerprint density at radius 1 is 0.273 bits per heavy atom. The Hall–Kier alpha value is -1.14. The molecule has 0 aliphatic rings. The van der Waals surface area contributed by atoms with Crippen molar-refractivity contribution in [3.05, 3.63) is 0 Å². The molecule has 0 bridgehead atoms. The number of nitrogens with one attached hydrogen (secondary N) is 1. The molecule has 6 heteroatoms. The Morgan fingerprint density at radius 3 is 0.693 bits per heavy atom. The second kappa shape index (κ2) is 78.3. The molecule has 0 saturated heterocycles. The number of rotatable bonds is 79. The van der Waals surface area contributed by atoms with Crippen LogP contribution in [0.1, 0.15) is 489 Å². The molecule has 0 aromatic rings. The van der Waals surface area contributed by atoms with Gasteiger partial charge in [-0.3, -0.25) is 9.59 Å². The largest absolute Gasteiger partial charge is 0.466 e. The summed E-state index contributed by atoms with van der Waals surface area (Å²) in [6.07, 6.45) is 97.8. The summed E-state index contributed by atoms with van der Waals surface area (Å²) in [5.74, 6) is 0.000280. The predicted molar refractivity (Wildman–Crippen MR) is 389 cm³/mol. The highest BCUT2D eigenvalue weighted by Gasteiger charge is 2.20. The molecular formula is C82H163NO5. The average Bonchev–Trinajstić information content (AvgIpc) is 3.58. The predicted octanol–water partition coefficient (Wildman–Crippen LogP) is 27.3. The van der Waals surface area contributed by atoms with Gasteiger partial charge in [0, 0.05) is 12.8 Å². The maximum Gasteiger partial charge on any atom is 0.305 e. The first-order valence-electron chi connectivity index (χ1n) is 41.3. The van der Waals surface area contributed by atoms with Crippen LogP contribution in [-0.4, -0.2) is 47.4 Å². The van der Waals surface area contributed by atoms with Gasteiger partial charge in [0.1, 0.15) is 0 Å². The summed E-state index contributed by atoms with van der Waals surface area (Å²) in [6.45, 7) is 5.03. The first-order chi connectivity index (χ1) is 43.5. The van der Waals surface area contributed by atoms with E-state index >= 15 is 0 Å². The lowest BCUT2D eigenvalue weighted by Gasteiger charge is -2.22. The van der Waals surface area contributed by atoms with Gasteiger partial charge in [-0.25, -0.2) is 0 Å². The lowest BCUT2D eigenvalue weighted by atomic mass is 10.0. The first-order valence-corrected chi connectivity index (χ1v) is 41.3. The summed E-state index contributed by atoms with van der Waals surface area (Å²) in [7, 11) is 0. The molecule has 2 atom stereocenters. The molecule has 0 saturated carbocycles. The monoisotopic (exact) mass is 1240 g/mol. The second-order valence-electron chi connectivity index (χ2n) is 28.8. The van der Waals surface area contributed by atoms with E-state index in [1.165, 1.54) is 417 Å². The van der Waals surface area contributed by atoms with Crippen molar-refractivity contribution >= 4 is 11.9 Å². The molecule has 0 radical (unpaired) electrons. The smallest absolute Gasteiger partial charge is 0.305 e. The molecule has 0 heterocycles. The quantitative estimate of drug-likeness (QED) is 0.0417. The zero-order chi connectivity index (χ0) is 63.5. The van der Waals surface area contributed by atoms with Crippen LogP contribution in [0.15, 0.2) is 0 Å². The van der Waals surface area contributed by atoms with E-state index in [4.69, 9.17) is 4.74 Å². The van der Waals surface area contributed by atoms with Gasteiger partial charge in [-0.05, 0) is 25.7 Å². The molecule has 3 N–H and O–H groups in total. The van der Waals surface area contributed by atoms with Gasteiger partial charge < -0.3 is 20.3 Å². The number of hydrogen-bond acceptors (Lipinski definition) is 5. The highest BCUT2D eigenvalue weighted by molar-refractivity contribution is 5.76. The van der Waals surface area contributed by atoms with Crippen molar-refractivity contribution in [2.75, 3.05) is 13.2 Å². The number of ether oxygens (including phenoxy) is 1. The van der Waals surface area contributed by atoms with Gasteiger partial charge in [0.05, 0.1) is 25.4 Å². The summed E-state index contributed by atoms with van der Waals surface area (Å²) in [6, 6.07) is -0.540. The number of aliphatic hydroxyl groups is 2. The number of aliphatic hydroxyl groups excluding tert-OH is 2. The Balaban J connectivity index is 3.33. The minimum Gasteiger partial charge on any atom is -0.466 e. The third-order valence-electron chi connectivity index (χ3n) is 19.9. The van der Waals surface area contributed by atoms with Crippen LogP contribution in [0.4, 0.5) is 0 Å². The fourth-order valence-electron chi connectivity index (χ4n) is 13.6. The van der Waals surface area contributed by atoms with E-state index in [1.54, 1.807) is 0 Å². The highest BCUT2D eigenvalue weighted by atomic mass is 16.5. The number of hydrogen-bond donors (Lipinski definition) is 3. The van der Waals surface area contributed by atoms with Crippen LogP contribution < -0.4 is 5.32 Å². The van der Waals surface area contributed by atoms with Crippen LogP contribution in [0.2, 0.25) is 0 Å². The van der Waals surface area contributed by atoms with Crippen LogP contribution >= 0.6 is 0 Å². The summed E-state index contributed by atoms with van der Waals surface area (Å²) in [5.41, 5.74) is 0. The molecule has 0 aromatic heterocycles. The lowest BCUT2D eigenvalue weighted by Crippen LogP contribution is -2.45. The molecule has 0 aliphatic carbocycles. The van der Waals surface area contributed by atoms with Gasteiger partial charge in [-0.15, -0.1) is 0 Å². The zero-order valence-corrected chi connectivity index (χ0v) is 60.5. The van der Waals surface area contributed by atoms with Gasteiger partial charge in [0.25, 0.3) is 0 Å². The van der Waals surface area contributed by atoms with Crippen molar-refractivity contribution < 1.29 is 24.5 Å². The van der Waals surface area contributed by atoms with Crippen molar-refractivity contribution in [3.63, 3.8) is 0 Å². The molecule has 88 heavy (non-hydrogen) atoms. The molecule has 0 rings (SSSR count). The Morgan fingerprint density at radius 2 is 0.466 bits per heavy atom. The standard InChI is InChI=1S/C82H163NO5/c1-3-5-7-9-11-13-15-17-19-21-23-24-25-30-33-36-39-42-46-50-54-58-62-66-70-74-80(85)79(78-84)83-81(86)75-71-67-63-59-55-51-47-43-40-37-34-31-28-26-27-29-32-35-38-41-45-49-53-57-61-65-69-73-77-88-82(87)76-72-68-64-60-56-52-48-44-22-20-18-16-14-12-10-8-6-4-2/h79-80,84-85H,3-78H2,1-2H3,(H,83,86). The van der Waals surface area contributed by atoms with Crippen molar-refractivity contribution in [3.8, 4) is 0 Å². The lowest BCUT2D eigenvalue weighted by molar-refractivity contribution is -0.143. The fourth-order valence-corrected chi connectivity index (χ4v) is 13.6. The highest BCUT2D eigenvalue weighted by Crippen LogP contribution is 2.21. The van der Waals surface area contributed by atoms with Crippen LogP contribution in [0.25, 0.3) is 0 Å². The molecule has 0 aliphatic heterocycles. The van der Waals surface area contributed by atoms with Gasteiger partial charge in [-0.2, -0.15) is 0 Å². The number of carbonyl (C=O) groups is 2. The van der Waals surface area contributed by atoms with Gasteiger partial charge in [0.15, 0.2) is 0 Å². The van der Waals surface area contributed by atoms with Crippen LogP contribution in [0, 0.1) is 0 Å². The van der Waals surface area contributed by atoms with Crippen LogP contribution in [0.3, 0.4) is 0 Å². The second-order valence-corrected chi connectivity index (χ2v) is 28.8. The number of unbranched alkanes of at least 4 members (excludes halogenated alkanes) is 68. The summed E-state index contributed by atoms with van der Waals surface area (Å²) in [4.78, 5) is 24.7. The van der Waals surface area contributed by atoms with E-state index in [0.717, 1.165) is 38.5 Å². The minimum atomic E-state index is -0.663. The van der Waals surface area contributed by atoms with E-state index in [0.29, 0.717) is 25.9 Å². The fraction of sp³-hybridized carbons (Fsp3) is 0.976. The van der Waals surface area contributed by atoms with Crippen molar-refractivity contribution in [1.82, 2.24) is 5.32 Å². The van der Waals surface area contributed by atoms with Gasteiger partial charge in [-0.1, -0.05) is 450 Å². The summed E-state index contributed by atoms with van der Waals surface area (Å²) >= 11 is 0. The SMILES string of the molecule is CCCCCCCCCCCCCCCCCCCCCCCCCCCC(O)C(CO)NC(=O)CCCCCCCCCCCCCCCCCCCCCCCCCCCCCCOC(=O)CCCCCCCCCCCCCCCCCCCC. The minimum absolute atomic E-state index is 0.0248. The molecular weight excluding hydrogens is 1080 g/mol. The van der Waals surface area contributed by atoms with E-state index in [9.17, 15) is 19.8 Å². The summed E-state index contributed by atoms with van der Waals surface area (Å²) in [5, 5.41) is 23.5. The van der Waals surface area contributed by atoms with Crippen molar-refractivity contribution in [1.29, 1.82) is 0 Å². The molecule has 2 unspecified atom stereocenters. The summed E-state index contributed by atoms with van der Waals surface area (Å²) < 4.78 is 5.52. The van der Waals surface area contributed by atoms with Crippen LogP contribution in [0.5, 0.6) is 0 Å². The Bertz CT molecular complexity index is 1290. The number of amides is 1. The maximum absolute atomic E-state index is 12.6. The Labute approximate surface area is 553 Å². The van der Waals surface area contributed by atoms with Gasteiger partial charge >= 0.3 is 5.97 Å². The van der Waals surface area contributed by atoms with Crippen LogP contribution in [-0.2, 0) is 14.3 Å². The number of carbonyl (C=O) groups excluding carboxylic acids is 2. The maximum atomic E-state index is 12.6. The normalized spacial score (nSPS) is 12.4. The third-order valence-corrected chi connectivity index (χ3v) is 19.9. The molecule has 0 fully saturated rings. The van der Waals surface area contributed by atoms with Gasteiger partial charge in [0.2, 0.25) is 5.91 Å². The third kappa shape index (κ3) is 73.9. The van der Waals surface area contributed by atoms with E-state index in [1.807, 2.05) is 0 Å². The van der Waals surface area contributed by atoms with E-state index < -0.39 is 12.1 Å². The van der Waals surface area contributed by atoms with E-state index in [2.05, 4.69) is 19.2 Å². The topological polar surface area (TPSA) is 95.9 Å². The zero-order valence-electron chi connectivity index (χ0n) is 60.5. The van der Waals surface area contributed by atoms with E-state index in [-0.39, 0.29) is 18.5 Å². The van der Waals surface area contributed by atoms with Crippen molar-refractivity contribution in [2.45, 2.75) is 501 Å². The molecule has 526 valence electrons. The Kier molecular flexibility index (Phi) is 77.3. The van der Waals surface area contributed by atoms with Crippen molar-refractivity contribution in [2.24, 2.45) is 0 Å². The molecule has 6 nitrogen and oxygen atoms in total. The average molecular weight is 1240 g/mol. The first kappa shape index (κ1) is 86.9. The number of esters is 1.